The molecule has 4 rings (SSSR count). The summed E-state index contributed by atoms with van der Waals surface area (Å²) in [5.41, 5.74) is 2.27. The van der Waals surface area contributed by atoms with E-state index in [1.807, 2.05) is 24.3 Å². The normalized spacial score (nSPS) is 15.9. The summed E-state index contributed by atoms with van der Waals surface area (Å²) in [7, 11) is 1.64. The molecule has 3 aromatic rings. The van der Waals surface area contributed by atoms with Gasteiger partial charge in [-0.2, -0.15) is 0 Å². The number of amides is 1. The number of rotatable bonds is 6. The molecular weight excluding hydrogens is 443 g/mol. The number of carboxylic acid groups (broad SMARTS) is 1. The maximum Gasteiger partial charge on any atom is 0.335 e. The lowest BCUT2D eigenvalue weighted by Crippen LogP contribution is -2.23. The molecule has 0 aliphatic carbocycles. The van der Waals surface area contributed by atoms with E-state index in [2.05, 4.69) is 4.99 Å². The summed E-state index contributed by atoms with van der Waals surface area (Å²) in [5.74, 6) is -0.920. The van der Waals surface area contributed by atoms with Crippen molar-refractivity contribution in [1.82, 2.24) is 4.90 Å². The minimum Gasteiger partial charge on any atom is -0.488 e. The molecule has 1 aliphatic rings. The zero-order valence-corrected chi connectivity index (χ0v) is 18.4. The van der Waals surface area contributed by atoms with Crippen molar-refractivity contribution >= 4 is 40.6 Å². The van der Waals surface area contributed by atoms with Crippen molar-refractivity contribution in [2.75, 3.05) is 7.05 Å². The lowest BCUT2D eigenvalue weighted by Gasteiger charge is -2.10. The van der Waals surface area contributed by atoms with Gasteiger partial charge in [0.05, 0.1) is 16.2 Å². The highest BCUT2D eigenvalue weighted by Crippen LogP contribution is 2.34. The Kier molecular flexibility index (Phi) is 6.55. The Balaban J connectivity index is 1.53. The molecule has 0 spiro atoms. The van der Waals surface area contributed by atoms with Gasteiger partial charge < -0.3 is 9.84 Å². The SMILES string of the molecule is CN1C(=O)C(=Cc2ccccc2OCc2ccc(F)cc2)SC1=Nc1ccc(C(=O)O)cc1. The molecule has 0 aromatic heterocycles. The fourth-order valence-electron chi connectivity index (χ4n) is 3.05. The first-order valence-corrected chi connectivity index (χ1v) is 10.8. The van der Waals surface area contributed by atoms with Gasteiger partial charge in [0.1, 0.15) is 18.2 Å². The van der Waals surface area contributed by atoms with Crippen LogP contribution in [0.15, 0.2) is 82.7 Å². The van der Waals surface area contributed by atoms with E-state index < -0.39 is 5.97 Å². The molecular formula is C25H19FN2O4S. The number of carbonyl (C=O) groups is 2. The Morgan fingerprint density at radius 1 is 1.09 bits per heavy atom. The fourth-order valence-corrected chi connectivity index (χ4v) is 4.03. The van der Waals surface area contributed by atoms with Gasteiger partial charge in [0.25, 0.3) is 5.91 Å². The predicted octanol–water partition coefficient (Wildman–Crippen LogP) is 5.34. The monoisotopic (exact) mass is 462 g/mol. The third-order valence-corrected chi connectivity index (χ3v) is 5.92. The van der Waals surface area contributed by atoms with Crippen molar-refractivity contribution in [3.8, 4) is 5.75 Å². The van der Waals surface area contributed by atoms with Gasteiger partial charge in [-0.1, -0.05) is 30.3 Å². The number of benzene rings is 3. The number of carbonyl (C=O) groups excluding carboxylic acids is 1. The summed E-state index contributed by atoms with van der Waals surface area (Å²) in [4.78, 5) is 30.2. The molecule has 1 N–H and O–H groups in total. The second-order valence-electron chi connectivity index (χ2n) is 7.17. The third kappa shape index (κ3) is 5.30. The number of carboxylic acids is 1. The van der Waals surface area contributed by atoms with Crippen LogP contribution >= 0.6 is 11.8 Å². The molecule has 8 heteroatoms. The number of nitrogens with zero attached hydrogens (tertiary/aromatic N) is 2. The van der Waals surface area contributed by atoms with E-state index in [1.54, 1.807) is 37.4 Å². The van der Waals surface area contributed by atoms with E-state index in [0.29, 0.717) is 21.5 Å². The highest BCUT2D eigenvalue weighted by atomic mass is 32.2. The van der Waals surface area contributed by atoms with Gasteiger partial charge >= 0.3 is 5.97 Å². The zero-order valence-electron chi connectivity index (χ0n) is 17.6. The highest BCUT2D eigenvalue weighted by molar-refractivity contribution is 8.18. The standard InChI is InChI=1S/C25H19FN2O4S/c1-28-23(29)22(33-25(28)27-20-12-8-17(9-13-20)24(30)31)14-18-4-2-3-5-21(18)32-15-16-6-10-19(26)11-7-16/h2-14H,15H2,1H3,(H,30,31). The number of halogens is 1. The number of aromatic carboxylic acids is 1. The summed E-state index contributed by atoms with van der Waals surface area (Å²) in [6.07, 6.45) is 1.75. The number of ether oxygens (including phenoxy) is 1. The number of hydrogen-bond donors (Lipinski definition) is 1. The summed E-state index contributed by atoms with van der Waals surface area (Å²) >= 11 is 1.23. The van der Waals surface area contributed by atoms with Crippen molar-refractivity contribution in [2.24, 2.45) is 4.99 Å². The first-order valence-electron chi connectivity index (χ1n) is 9.96. The van der Waals surface area contributed by atoms with Crippen molar-refractivity contribution in [3.05, 3.63) is 100 Å². The van der Waals surface area contributed by atoms with Crippen LogP contribution in [0.3, 0.4) is 0 Å². The van der Waals surface area contributed by atoms with Crippen LogP contribution in [0.25, 0.3) is 6.08 Å². The van der Waals surface area contributed by atoms with Crippen LogP contribution < -0.4 is 4.74 Å². The molecule has 0 unspecified atom stereocenters. The topological polar surface area (TPSA) is 79.2 Å². The summed E-state index contributed by atoms with van der Waals surface area (Å²) in [6.45, 7) is 0.264. The van der Waals surface area contributed by atoms with Gasteiger partial charge in [0.15, 0.2) is 5.17 Å². The Bertz CT molecular complexity index is 1250. The molecule has 1 fully saturated rings. The number of hydrogen-bond acceptors (Lipinski definition) is 5. The van der Waals surface area contributed by atoms with Crippen LogP contribution in [0.4, 0.5) is 10.1 Å². The molecule has 0 atom stereocenters. The van der Waals surface area contributed by atoms with Crippen LogP contribution in [0.1, 0.15) is 21.5 Å². The van der Waals surface area contributed by atoms with Gasteiger partial charge in [0.2, 0.25) is 0 Å². The average Bonchev–Trinajstić information content (AvgIpc) is 3.07. The Hall–Kier alpha value is -3.91. The van der Waals surface area contributed by atoms with Crippen molar-refractivity contribution in [1.29, 1.82) is 0 Å². The number of likely N-dealkylation sites (N-methyl/N-ethyl adjacent to an activating group) is 1. The molecule has 1 heterocycles. The highest BCUT2D eigenvalue weighted by Gasteiger charge is 2.30. The van der Waals surface area contributed by atoms with Gasteiger partial charge in [-0.05, 0) is 65.9 Å². The molecule has 1 saturated heterocycles. The van der Waals surface area contributed by atoms with Gasteiger partial charge in [0, 0.05) is 12.6 Å². The van der Waals surface area contributed by atoms with Crippen molar-refractivity contribution < 1.29 is 23.8 Å². The molecule has 3 aromatic carbocycles. The average molecular weight is 463 g/mol. The minimum absolute atomic E-state index is 0.167. The quantitative estimate of drug-likeness (QED) is 0.501. The van der Waals surface area contributed by atoms with E-state index in [0.717, 1.165) is 11.1 Å². The smallest absolute Gasteiger partial charge is 0.335 e. The van der Waals surface area contributed by atoms with Crippen LogP contribution in [-0.2, 0) is 11.4 Å². The Morgan fingerprint density at radius 2 is 1.79 bits per heavy atom. The third-order valence-electron chi connectivity index (χ3n) is 4.86. The lowest BCUT2D eigenvalue weighted by atomic mass is 10.1. The molecule has 1 aliphatic heterocycles. The predicted molar refractivity (Wildman–Crippen MR) is 126 cm³/mol. The van der Waals surface area contributed by atoms with Gasteiger partial charge in [-0.3, -0.25) is 9.69 Å². The lowest BCUT2D eigenvalue weighted by molar-refractivity contribution is -0.121. The minimum atomic E-state index is -1.01. The van der Waals surface area contributed by atoms with E-state index in [-0.39, 0.29) is 23.9 Å². The van der Waals surface area contributed by atoms with E-state index in [4.69, 9.17) is 9.84 Å². The molecule has 0 saturated carbocycles. The van der Waals surface area contributed by atoms with Crippen LogP contribution in [-0.4, -0.2) is 34.1 Å². The van der Waals surface area contributed by atoms with E-state index in [1.165, 1.54) is 40.9 Å². The number of aliphatic imine (C=N–C) groups is 1. The zero-order chi connectivity index (χ0) is 23.4. The van der Waals surface area contributed by atoms with Gasteiger partial charge in [-0.15, -0.1) is 0 Å². The first kappa shape index (κ1) is 22.3. The van der Waals surface area contributed by atoms with Crippen LogP contribution in [0, 0.1) is 5.82 Å². The second-order valence-corrected chi connectivity index (χ2v) is 8.18. The molecule has 1 amide bonds. The summed E-state index contributed by atoms with van der Waals surface area (Å²) in [5, 5.41) is 9.51. The van der Waals surface area contributed by atoms with E-state index in [9.17, 15) is 14.0 Å². The molecule has 0 radical (unpaired) electrons. The number of thioether (sulfide) groups is 1. The summed E-state index contributed by atoms with van der Waals surface area (Å²) < 4.78 is 19.0. The second kappa shape index (κ2) is 9.70. The molecule has 33 heavy (non-hydrogen) atoms. The molecule has 166 valence electrons. The molecule has 6 nitrogen and oxygen atoms in total. The van der Waals surface area contributed by atoms with Crippen molar-refractivity contribution in [3.63, 3.8) is 0 Å². The number of para-hydroxylation sites is 1. The maximum atomic E-state index is 13.1. The van der Waals surface area contributed by atoms with Crippen molar-refractivity contribution in [2.45, 2.75) is 6.61 Å². The largest absolute Gasteiger partial charge is 0.488 e. The van der Waals surface area contributed by atoms with E-state index >= 15 is 0 Å². The van der Waals surface area contributed by atoms with Crippen LogP contribution in [0.5, 0.6) is 5.75 Å². The first-order chi connectivity index (χ1) is 15.9. The molecule has 0 bridgehead atoms. The fraction of sp³-hybridized carbons (Fsp3) is 0.0800. The summed E-state index contributed by atoms with van der Waals surface area (Å²) in [6, 6.07) is 19.5. The maximum absolute atomic E-state index is 13.1. The van der Waals surface area contributed by atoms with Crippen LogP contribution in [0.2, 0.25) is 0 Å². The van der Waals surface area contributed by atoms with Gasteiger partial charge in [-0.25, -0.2) is 14.2 Å². The Morgan fingerprint density at radius 3 is 2.48 bits per heavy atom. The number of amidine groups is 1. The Labute approximate surface area is 194 Å².